The van der Waals surface area contributed by atoms with Gasteiger partial charge in [0.2, 0.25) is 5.91 Å². The van der Waals surface area contributed by atoms with Gasteiger partial charge in [0, 0.05) is 32.0 Å². The number of carbonyl (C=O) groups is 1. The van der Waals surface area contributed by atoms with Gasteiger partial charge >= 0.3 is 0 Å². The summed E-state index contributed by atoms with van der Waals surface area (Å²) in [5.41, 5.74) is 4.08. The third-order valence-electron chi connectivity index (χ3n) is 4.46. The fourth-order valence-electron chi connectivity index (χ4n) is 2.99. The minimum absolute atomic E-state index is 0.228. The number of allylic oxidation sites excluding steroid dienone is 1. The van der Waals surface area contributed by atoms with Crippen molar-refractivity contribution < 1.29 is 9.53 Å². The highest BCUT2D eigenvalue weighted by Gasteiger charge is 2.25. The Balaban J connectivity index is 1.77. The predicted molar refractivity (Wildman–Crippen MR) is 111 cm³/mol. The predicted octanol–water partition coefficient (Wildman–Crippen LogP) is 4.18. The van der Waals surface area contributed by atoms with Crippen LogP contribution in [-0.2, 0) is 11.2 Å². The van der Waals surface area contributed by atoms with E-state index >= 15 is 0 Å². The van der Waals surface area contributed by atoms with Gasteiger partial charge in [-0.15, -0.1) is 0 Å². The monoisotopic (exact) mass is 363 g/mol. The molecule has 1 N–H and O–H groups in total. The summed E-state index contributed by atoms with van der Waals surface area (Å²) in [6, 6.07) is 14.1. The molecular formula is C22H25N3O2. The Labute approximate surface area is 160 Å². The Morgan fingerprint density at radius 1 is 1.22 bits per heavy atom. The number of ether oxygens (including phenoxy) is 1. The van der Waals surface area contributed by atoms with Gasteiger partial charge in [0.25, 0.3) is 0 Å². The summed E-state index contributed by atoms with van der Waals surface area (Å²) < 4.78 is 6.03. The van der Waals surface area contributed by atoms with E-state index in [1.54, 1.807) is 0 Å². The van der Waals surface area contributed by atoms with Crippen LogP contribution in [0.25, 0.3) is 0 Å². The van der Waals surface area contributed by atoms with Gasteiger partial charge in [-0.25, -0.2) is 0 Å². The summed E-state index contributed by atoms with van der Waals surface area (Å²) in [4.78, 5) is 15.7. The summed E-state index contributed by atoms with van der Waals surface area (Å²) in [7, 11) is 4.07. The topological polar surface area (TPSA) is 44.8 Å². The highest BCUT2D eigenvalue weighted by atomic mass is 16.5. The van der Waals surface area contributed by atoms with Crippen LogP contribution in [0.3, 0.4) is 0 Å². The van der Waals surface area contributed by atoms with E-state index < -0.39 is 0 Å². The van der Waals surface area contributed by atoms with E-state index in [1.165, 1.54) is 17.3 Å². The fourth-order valence-corrected chi connectivity index (χ4v) is 2.99. The fraction of sp³-hybridized carbons (Fsp3) is 0.227. The van der Waals surface area contributed by atoms with Gasteiger partial charge in [-0.05, 0) is 61.4 Å². The SMILES string of the molecule is C=CC(=O)Nc1ccc2c(c1)N(CC)C(=CCc1ccc(N(C)C)cc1)O2. The van der Waals surface area contributed by atoms with Crippen LogP contribution in [0, 0.1) is 0 Å². The second-order valence-electron chi connectivity index (χ2n) is 6.53. The smallest absolute Gasteiger partial charge is 0.247 e. The standard InChI is InChI=1S/C22H25N3O2/c1-5-21(26)23-17-10-13-20-19(15-17)25(6-2)22(27-20)14-9-16-7-11-18(12-8-16)24(3)4/h5,7-8,10-15H,1,6,9H2,2-4H3,(H,23,26). The molecule has 0 unspecified atom stereocenters. The maximum atomic E-state index is 11.5. The van der Waals surface area contributed by atoms with Crippen molar-refractivity contribution in [2.45, 2.75) is 13.3 Å². The Morgan fingerprint density at radius 3 is 2.59 bits per heavy atom. The average Bonchev–Trinajstić information content (AvgIpc) is 3.03. The van der Waals surface area contributed by atoms with Crippen molar-refractivity contribution in [1.29, 1.82) is 0 Å². The minimum atomic E-state index is -0.228. The molecule has 2 aromatic carbocycles. The molecule has 0 spiro atoms. The zero-order valence-corrected chi connectivity index (χ0v) is 16.0. The number of hydrogen-bond donors (Lipinski definition) is 1. The molecule has 2 aromatic rings. The van der Waals surface area contributed by atoms with Gasteiger partial charge in [0.15, 0.2) is 11.6 Å². The van der Waals surface area contributed by atoms with Crippen molar-refractivity contribution in [2.24, 2.45) is 0 Å². The molecular weight excluding hydrogens is 338 g/mol. The first-order chi connectivity index (χ1) is 13.0. The van der Waals surface area contributed by atoms with Crippen LogP contribution in [0.4, 0.5) is 17.1 Å². The van der Waals surface area contributed by atoms with Gasteiger partial charge < -0.3 is 19.9 Å². The zero-order chi connectivity index (χ0) is 19.4. The van der Waals surface area contributed by atoms with Crippen LogP contribution >= 0.6 is 0 Å². The second kappa shape index (κ2) is 7.99. The first-order valence-corrected chi connectivity index (χ1v) is 9.01. The normalized spacial score (nSPS) is 13.9. The first kappa shape index (κ1) is 18.6. The summed E-state index contributed by atoms with van der Waals surface area (Å²) in [6.07, 6.45) is 4.14. The Bertz CT molecular complexity index is 870. The van der Waals surface area contributed by atoms with Gasteiger partial charge in [-0.2, -0.15) is 0 Å². The molecule has 140 valence electrons. The summed E-state index contributed by atoms with van der Waals surface area (Å²) in [5, 5.41) is 2.79. The highest BCUT2D eigenvalue weighted by molar-refractivity contribution is 5.99. The average molecular weight is 363 g/mol. The molecule has 0 aliphatic carbocycles. The Hall–Kier alpha value is -3.21. The number of carbonyl (C=O) groups excluding carboxylic acids is 1. The van der Waals surface area contributed by atoms with E-state index in [0.717, 1.165) is 36.0 Å². The third kappa shape index (κ3) is 4.14. The quantitative estimate of drug-likeness (QED) is 0.782. The number of benzene rings is 2. The van der Waals surface area contributed by atoms with Crippen molar-refractivity contribution in [3.8, 4) is 5.75 Å². The van der Waals surface area contributed by atoms with Crippen molar-refractivity contribution in [2.75, 3.05) is 35.8 Å². The number of amides is 1. The molecule has 0 saturated carbocycles. The molecule has 3 rings (SSSR count). The molecule has 1 aliphatic heterocycles. The Kier molecular flexibility index (Phi) is 5.50. The lowest BCUT2D eigenvalue weighted by molar-refractivity contribution is -0.111. The minimum Gasteiger partial charge on any atom is -0.439 e. The summed E-state index contributed by atoms with van der Waals surface area (Å²) in [6.45, 7) is 6.33. The lowest BCUT2D eigenvalue weighted by Crippen LogP contribution is -2.19. The molecule has 0 saturated heterocycles. The molecule has 0 aromatic heterocycles. The summed E-state index contributed by atoms with van der Waals surface area (Å²) in [5.74, 6) is 1.38. The maximum Gasteiger partial charge on any atom is 0.247 e. The van der Waals surface area contributed by atoms with Crippen LogP contribution in [0.2, 0.25) is 0 Å². The number of hydrogen-bond acceptors (Lipinski definition) is 4. The molecule has 5 heteroatoms. The van der Waals surface area contributed by atoms with Crippen LogP contribution in [0.5, 0.6) is 5.75 Å². The molecule has 0 fully saturated rings. The summed E-state index contributed by atoms with van der Waals surface area (Å²) >= 11 is 0. The Morgan fingerprint density at radius 2 is 1.96 bits per heavy atom. The zero-order valence-electron chi connectivity index (χ0n) is 16.0. The number of anilines is 3. The van der Waals surface area contributed by atoms with E-state index in [2.05, 4.69) is 59.0 Å². The van der Waals surface area contributed by atoms with E-state index in [0.29, 0.717) is 0 Å². The maximum absolute atomic E-state index is 11.5. The first-order valence-electron chi connectivity index (χ1n) is 9.01. The van der Waals surface area contributed by atoms with Gasteiger partial charge in [0.1, 0.15) is 0 Å². The van der Waals surface area contributed by atoms with Crippen LogP contribution in [0.1, 0.15) is 12.5 Å². The third-order valence-corrected chi connectivity index (χ3v) is 4.46. The van der Waals surface area contributed by atoms with E-state index in [9.17, 15) is 4.79 Å². The number of nitrogens with one attached hydrogen (secondary N) is 1. The lowest BCUT2D eigenvalue weighted by atomic mass is 10.1. The van der Waals surface area contributed by atoms with E-state index in [4.69, 9.17) is 4.74 Å². The van der Waals surface area contributed by atoms with Crippen molar-refractivity contribution in [1.82, 2.24) is 0 Å². The largest absolute Gasteiger partial charge is 0.439 e. The lowest BCUT2D eigenvalue weighted by Gasteiger charge is -2.16. The van der Waals surface area contributed by atoms with Gasteiger partial charge in [0.05, 0.1) is 5.69 Å². The number of nitrogens with zero attached hydrogens (tertiary/aromatic N) is 2. The molecule has 0 atom stereocenters. The van der Waals surface area contributed by atoms with Crippen molar-refractivity contribution >= 4 is 23.0 Å². The van der Waals surface area contributed by atoms with E-state index in [-0.39, 0.29) is 5.91 Å². The van der Waals surface area contributed by atoms with Crippen LogP contribution < -0.4 is 19.9 Å². The second-order valence-corrected chi connectivity index (χ2v) is 6.53. The van der Waals surface area contributed by atoms with Gasteiger partial charge in [-0.3, -0.25) is 4.79 Å². The van der Waals surface area contributed by atoms with Gasteiger partial charge in [-0.1, -0.05) is 18.7 Å². The highest BCUT2D eigenvalue weighted by Crippen LogP contribution is 2.40. The molecule has 1 heterocycles. The molecule has 0 bridgehead atoms. The van der Waals surface area contributed by atoms with E-state index in [1.807, 2.05) is 32.3 Å². The molecule has 1 aliphatic rings. The number of fused-ring (bicyclic) bond motifs is 1. The number of rotatable bonds is 6. The van der Waals surface area contributed by atoms with Crippen molar-refractivity contribution in [3.05, 3.63) is 72.6 Å². The molecule has 27 heavy (non-hydrogen) atoms. The molecule has 0 radical (unpaired) electrons. The van der Waals surface area contributed by atoms with Crippen LogP contribution in [-0.4, -0.2) is 26.5 Å². The molecule has 5 nitrogen and oxygen atoms in total. The van der Waals surface area contributed by atoms with Crippen LogP contribution in [0.15, 0.2) is 67.1 Å². The molecule has 1 amide bonds. The van der Waals surface area contributed by atoms with Crippen molar-refractivity contribution in [3.63, 3.8) is 0 Å².